The summed E-state index contributed by atoms with van der Waals surface area (Å²) >= 11 is 0. The zero-order valence-electron chi connectivity index (χ0n) is 17.6. The highest BCUT2D eigenvalue weighted by molar-refractivity contribution is 6.51. The number of Topliss-reactive ketones (excluding diaryl/α,β-unsaturated/α-hetero) is 1. The molecule has 1 amide bonds. The number of aliphatic hydroxyl groups excluding tert-OH is 1. The predicted molar refractivity (Wildman–Crippen MR) is 120 cm³/mol. The summed E-state index contributed by atoms with van der Waals surface area (Å²) in [5.74, 6) is -0.851. The van der Waals surface area contributed by atoms with E-state index in [2.05, 4.69) is 0 Å². The third kappa shape index (κ3) is 3.38. The number of hydrogen-bond acceptors (Lipinski definition) is 6. The molecule has 7 nitrogen and oxygen atoms in total. The Labute approximate surface area is 189 Å². The molecule has 5 rings (SSSR count). The van der Waals surface area contributed by atoms with Gasteiger partial charge >= 0.3 is 0 Å². The Hall–Kier alpha value is -4.57. The maximum absolute atomic E-state index is 13.2. The van der Waals surface area contributed by atoms with Crippen LogP contribution < -0.4 is 14.4 Å². The van der Waals surface area contributed by atoms with E-state index in [-0.39, 0.29) is 18.1 Å². The van der Waals surface area contributed by atoms with Crippen molar-refractivity contribution < 1.29 is 24.2 Å². The molecule has 1 saturated heterocycles. The van der Waals surface area contributed by atoms with Crippen LogP contribution in [0.2, 0.25) is 0 Å². The topological polar surface area (TPSA) is 99.9 Å². The zero-order valence-corrected chi connectivity index (χ0v) is 17.6. The molecule has 0 radical (unpaired) electrons. The van der Waals surface area contributed by atoms with Crippen molar-refractivity contribution in [2.45, 2.75) is 13.0 Å². The van der Waals surface area contributed by atoms with Crippen LogP contribution in [0.25, 0.3) is 5.76 Å². The minimum Gasteiger partial charge on any atom is -0.507 e. The summed E-state index contributed by atoms with van der Waals surface area (Å²) in [6, 6.07) is 19.9. The lowest BCUT2D eigenvalue weighted by Gasteiger charge is -2.25. The number of rotatable bonds is 3. The van der Waals surface area contributed by atoms with Gasteiger partial charge in [-0.15, -0.1) is 0 Å². The molecule has 2 aliphatic heterocycles. The number of nitriles is 1. The second-order valence-corrected chi connectivity index (χ2v) is 7.81. The van der Waals surface area contributed by atoms with Gasteiger partial charge in [0.1, 0.15) is 5.76 Å². The van der Waals surface area contributed by atoms with Crippen molar-refractivity contribution in [3.8, 4) is 17.6 Å². The van der Waals surface area contributed by atoms with Gasteiger partial charge in [-0.3, -0.25) is 14.5 Å². The van der Waals surface area contributed by atoms with Crippen LogP contribution in [0.3, 0.4) is 0 Å². The van der Waals surface area contributed by atoms with Crippen molar-refractivity contribution in [1.82, 2.24) is 0 Å². The zero-order chi connectivity index (χ0) is 23.1. The minimum absolute atomic E-state index is 0.0196. The molecule has 3 aromatic carbocycles. The van der Waals surface area contributed by atoms with Gasteiger partial charge in [0.15, 0.2) is 11.5 Å². The van der Waals surface area contributed by atoms with Gasteiger partial charge in [-0.05, 0) is 55.0 Å². The molecular weight excluding hydrogens is 420 g/mol. The summed E-state index contributed by atoms with van der Waals surface area (Å²) in [7, 11) is 0. The standard InChI is InChI=1S/C26H18N2O5/c1-15-3-2-4-17(11-15)23-22(24(29)18-7-10-20-21(12-18)33-14-32-20)25(30)26(31)28(23)19-8-5-16(13-27)6-9-19/h2-12,23,29H,14H2,1H3/b24-22-. The first-order valence-corrected chi connectivity index (χ1v) is 10.3. The molecule has 1 atom stereocenters. The highest BCUT2D eigenvalue weighted by Gasteiger charge is 2.47. The Balaban J connectivity index is 1.70. The number of benzene rings is 3. The third-order valence-electron chi connectivity index (χ3n) is 5.72. The monoisotopic (exact) mass is 438 g/mol. The summed E-state index contributed by atoms with van der Waals surface area (Å²) < 4.78 is 10.7. The highest BCUT2D eigenvalue weighted by atomic mass is 16.7. The van der Waals surface area contributed by atoms with E-state index >= 15 is 0 Å². The average Bonchev–Trinajstić information content (AvgIpc) is 3.41. The number of hydrogen-bond donors (Lipinski definition) is 1. The fourth-order valence-corrected chi connectivity index (χ4v) is 4.15. The van der Waals surface area contributed by atoms with E-state index in [1.165, 1.54) is 4.90 Å². The van der Waals surface area contributed by atoms with E-state index in [1.807, 2.05) is 37.3 Å². The molecule has 0 aliphatic carbocycles. The molecule has 0 spiro atoms. The van der Waals surface area contributed by atoms with Crippen LogP contribution in [0.15, 0.2) is 72.3 Å². The van der Waals surface area contributed by atoms with E-state index < -0.39 is 17.7 Å². The van der Waals surface area contributed by atoms with Gasteiger partial charge in [0.05, 0.1) is 23.2 Å². The van der Waals surface area contributed by atoms with Gasteiger partial charge in [-0.25, -0.2) is 0 Å². The molecule has 3 aromatic rings. The number of amides is 1. The maximum Gasteiger partial charge on any atom is 0.300 e. The Kier molecular flexibility index (Phi) is 4.83. The van der Waals surface area contributed by atoms with Crippen molar-refractivity contribution in [3.05, 3.63) is 94.6 Å². The van der Waals surface area contributed by atoms with Crippen LogP contribution in [-0.4, -0.2) is 23.6 Å². The fraction of sp³-hybridized carbons (Fsp3) is 0.115. The fourth-order valence-electron chi connectivity index (χ4n) is 4.15. The molecular formula is C26H18N2O5. The minimum atomic E-state index is -0.844. The van der Waals surface area contributed by atoms with E-state index in [1.54, 1.807) is 42.5 Å². The smallest absolute Gasteiger partial charge is 0.300 e. The van der Waals surface area contributed by atoms with Crippen molar-refractivity contribution in [1.29, 1.82) is 5.26 Å². The van der Waals surface area contributed by atoms with E-state index in [0.29, 0.717) is 33.9 Å². The molecule has 7 heteroatoms. The number of nitrogens with zero attached hydrogens (tertiary/aromatic N) is 2. The van der Waals surface area contributed by atoms with Crippen LogP contribution in [0.5, 0.6) is 11.5 Å². The number of anilines is 1. The summed E-state index contributed by atoms with van der Waals surface area (Å²) in [6.07, 6.45) is 0. The molecule has 0 aromatic heterocycles. The Morgan fingerprint density at radius 3 is 2.52 bits per heavy atom. The molecule has 1 N–H and O–H groups in total. The first-order chi connectivity index (χ1) is 16.0. The average molecular weight is 438 g/mol. The summed E-state index contributed by atoms with van der Waals surface area (Å²) in [4.78, 5) is 27.8. The number of aryl methyl sites for hydroxylation is 1. The van der Waals surface area contributed by atoms with E-state index in [0.717, 1.165) is 5.56 Å². The van der Waals surface area contributed by atoms with Crippen LogP contribution >= 0.6 is 0 Å². The number of carbonyl (C=O) groups excluding carboxylic acids is 2. The number of aliphatic hydroxyl groups is 1. The number of ether oxygens (including phenoxy) is 2. The second kappa shape index (κ2) is 7.84. The summed E-state index contributed by atoms with van der Waals surface area (Å²) in [6.45, 7) is 1.99. The van der Waals surface area contributed by atoms with Crippen LogP contribution in [0.1, 0.15) is 28.3 Å². The Morgan fingerprint density at radius 1 is 1.03 bits per heavy atom. The van der Waals surface area contributed by atoms with Crippen molar-refractivity contribution in [3.63, 3.8) is 0 Å². The number of ketones is 1. The van der Waals surface area contributed by atoms with E-state index in [9.17, 15) is 14.7 Å². The van der Waals surface area contributed by atoms with Crippen molar-refractivity contribution in [2.75, 3.05) is 11.7 Å². The molecule has 2 aliphatic rings. The third-order valence-corrected chi connectivity index (χ3v) is 5.72. The highest BCUT2D eigenvalue weighted by Crippen LogP contribution is 2.43. The molecule has 1 fully saturated rings. The molecule has 33 heavy (non-hydrogen) atoms. The lowest BCUT2D eigenvalue weighted by Crippen LogP contribution is -2.29. The molecule has 2 heterocycles. The maximum atomic E-state index is 13.2. The van der Waals surface area contributed by atoms with Crippen molar-refractivity contribution in [2.24, 2.45) is 0 Å². The molecule has 162 valence electrons. The summed E-state index contributed by atoms with van der Waals surface area (Å²) in [5.41, 5.74) is 2.83. The van der Waals surface area contributed by atoms with Gasteiger partial charge in [0.25, 0.3) is 11.7 Å². The largest absolute Gasteiger partial charge is 0.507 e. The molecule has 1 unspecified atom stereocenters. The SMILES string of the molecule is Cc1cccc(C2/C(=C(/O)c3ccc4c(c3)OCO4)C(=O)C(=O)N2c2ccc(C#N)cc2)c1. The van der Waals surface area contributed by atoms with E-state index in [4.69, 9.17) is 14.7 Å². The summed E-state index contributed by atoms with van der Waals surface area (Å²) in [5, 5.41) is 20.3. The first-order valence-electron chi connectivity index (χ1n) is 10.3. The van der Waals surface area contributed by atoms with Gasteiger partial charge in [-0.1, -0.05) is 29.8 Å². The Morgan fingerprint density at radius 2 is 1.79 bits per heavy atom. The van der Waals surface area contributed by atoms with Gasteiger partial charge in [-0.2, -0.15) is 5.26 Å². The number of fused-ring (bicyclic) bond motifs is 1. The van der Waals surface area contributed by atoms with Gasteiger partial charge in [0, 0.05) is 11.3 Å². The van der Waals surface area contributed by atoms with Gasteiger partial charge < -0.3 is 14.6 Å². The van der Waals surface area contributed by atoms with Crippen LogP contribution in [0.4, 0.5) is 5.69 Å². The van der Waals surface area contributed by atoms with Gasteiger partial charge in [0.2, 0.25) is 6.79 Å². The molecule has 0 saturated carbocycles. The normalized spacial score (nSPS) is 18.4. The lowest BCUT2D eigenvalue weighted by molar-refractivity contribution is -0.132. The van der Waals surface area contributed by atoms with Crippen LogP contribution in [0, 0.1) is 18.3 Å². The second-order valence-electron chi connectivity index (χ2n) is 7.81. The predicted octanol–water partition coefficient (Wildman–Crippen LogP) is 4.22. The van der Waals surface area contributed by atoms with Crippen molar-refractivity contribution >= 4 is 23.1 Å². The van der Waals surface area contributed by atoms with Crippen LogP contribution in [-0.2, 0) is 9.59 Å². The first kappa shape index (κ1) is 20.3. The Bertz CT molecular complexity index is 1370. The quantitative estimate of drug-likeness (QED) is 0.373. The lowest BCUT2D eigenvalue weighted by atomic mass is 9.94. The number of carbonyl (C=O) groups is 2. The molecule has 0 bridgehead atoms.